The lowest BCUT2D eigenvalue weighted by molar-refractivity contribution is 0.536. The maximum absolute atomic E-state index is 4.32. The molecule has 1 atom stereocenters. The average Bonchev–Trinajstić information content (AvgIpc) is 2.80. The number of nitrogens with zero attached hydrogens (tertiary/aromatic N) is 2. The highest BCUT2D eigenvalue weighted by Crippen LogP contribution is 2.30. The molecule has 3 heteroatoms. The largest absolute Gasteiger partial charge is 0.385 e. The van der Waals surface area contributed by atoms with Gasteiger partial charge in [-0.15, -0.1) is 0 Å². The smallest absolute Gasteiger partial charge is 0.0953 e. The van der Waals surface area contributed by atoms with Crippen LogP contribution in [0.4, 0.5) is 5.69 Å². The summed E-state index contributed by atoms with van der Waals surface area (Å²) in [5, 5.41) is 3.35. The molecule has 0 amide bonds. The van der Waals surface area contributed by atoms with Crippen molar-refractivity contribution in [1.29, 1.82) is 0 Å². The van der Waals surface area contributed by atoms with Crippen LogP contribution in [0.25, 0.3) is 0 Å². The summed E-state index contributed by atoms with van der Waals surface area (Å²) < 4.78 is 2.36. The van der Waals surface area contributed by atoms with Crippen molar-refractivity contribution in [2.24, 2.45) is 0 Å². The second-order valence-electron chi connectivity index (χ2n) is 5.21. The lowest BCUT2D eigenvalue weighted by Gasteiger charge is -2.19. The van der Waals surface area contributed by atoms with Crippen LogP contribution in [0.15, 0.2) is 36.8 Å². The molecule has 0 fully saturated rings. The van der Waals surface area contributed by atoms with E-state index in [9.17, 15) is 0 Å². The van der Waals surface area contributed by atoms with E-state index in [1.54, 1.807) is 0 Å². The summed E-state index contributed by atoms with van der Waals surface area (Å²) in [5.74, 6) is 0. The monoisotopic (exact) mass is 255 g/mol. The zero-order valence-electron chi connectivity index (χ0n) is 11.5. The minimum absolute atomic E-state index is 0.454. The molecule has 0 bridgehead atoms. The summed E-state index contributed by atoms with van der Waals surface area (Å²) in [7, 11) is 0. The molecular formula is C16H21N3. The number of fused-ring (bicyclic) bond motifs is 1. The number of nitrogens with one attached hydrogen (secondary N) is 1. The Balaban J connectivity index is 1.89. The van der Waals surface area contributed by atoms with Crippen LogP contribution in [0.5, 0.6) is 0 Å². The van der Waals surface area contributed by atoms with E-state index in [1.165, 1.54) is 36.2 Å². The fourth-order valence-corrected chi connectivity index (χ4v) is 2.94. The van der Waals surface area contributed by atoms with E-state index >= 15 is 0 Å². The van der Waals surface area contributed by atoms with Crippen molar-refractivity contribution >= 4 is 5.69 Å². The van der Waals surface area contributed by atoms with Crippen molar-refractivity contribution in [2.45, 2.75) is 38.6 Å². The lowest BCUT2D eigenvalue weighted by Crippen LogP contribution is -2.10. The Labute approximate surface area is 114 Å². The molecule has 1 aliphatic rings. The molecule has 3 rings (SSSR count). The van der Waals surface area contributed by atoms with Crippen molar-refractivity contribution in [1.82, 2.24) is 9.55 Å². The van der Waals surface area contributed by atoms with Crippen LogP contribution in [0.3, 0.4) is 0 Å². The fourth-order valence-electron chi connectivity index (χ4n) is 2.94. The van der Waals surface area contributed by atoms with Crippen LogP contribution in [0, 0.1) is 0 Å². The highest BCUT2D eigenvalue weighted by Gasteiger charge is 2.19. The zero-order valence-corrected chi connectivity index (χ0v) is 11.5. The number of rotatable bonds is 3. The maximum Gasteiger partial charge on any atom is 0.0953 e. The van der Waals surface area contributed by atoms with Gasteiger partial charge < -0.3 is 9.88 Å². The van der Waals surface area contributed by atoms with Crippen LogP contribution >= 0.6 is 0 Å². The third-order valence-corrected chi connectivity index (χ3v) is 3.92. The Hall–Kier alpha value is -1.77. The Morgan fingerprint density at radius 3 is 2.89 bits per heavy atom. The minimum atomic E-state index is 0.454. The lowest BCUT2D eigenvalue weighted by atomic mass is 10.0. The van der Waals surface area contributed by atoms with E-state index in [2.05, 4.69) is 46.1 Å². The van der Waals surface area contributed by atoms with Gasteiger partial charge in [-0.3, -0.25) is 0 Å². The first kappa shape index (κ1) is 12.3. The Morgan fingerprint density at radius 1 is 1.26 bits per heavy atom. The topological polar surface area (TPSA) is 29.9 Å². The van der Waals surface area contributed by atoms with E-state index in [4.69, 9.17) is 0 Å². The molecule has 1 aromatic carbocycles. The summed E-state index contributed by atoms with van der Waals surface area (Å²) in [4.78, 5) is 4.32. The number of anilines is 1. The molecule has 0 radical (unpaired) electrons. The first-order valence-electron chi connectivity index (χ1n) is 7.23. The summed E-state index contributed by atoms with van der Waals surface area (Å²) in [6.45, 7) is 3.09. The highest BCUT2D eigenvalue weighted by molar-refractivity contribution is 5.45. The van der Waals surface area contributed by atoms with E-state index < -0.39 is 0 Å². The summed E-state index contributed by atoms with van der Waals surface area (Å²) in [5.41, 5.74) is 3.96. The first-order chi connectivity index (χ1) is 9.38. The van der Waals surface area contributed by atoms with Gasteiger partial charge in [-0.25, -0.2) is 4.98 Å². The van der Waals surface area contributed by atoms with Crippen molar-refractivity contribution in [3.63, 3.8) is 0 Å². The number of benzene rings is 1. The molecule has 0 spiro atoms. The van der Waals surface area contributed by atoms with Crippen LogP contribution in [0.2, 0.25) is 0 Å². The van der Waals surface area contributed by atoms with Crippen molar-refractivity contribution in [3.05, 3.63) is 48.0 Å². The molecule has 0 saturated carbocycles. The molecule has 2 heterocycles. The predicted octanol–water partition coefficient (Wildman–Crippen LogP) is 3.63. The summed E-state index contributed by atoms with van der Waals surface area (Å²) in [6.07, 6.45) is 8.95. The molecule has 3 nitrogen and oxygen atoms in total. The molecular weight excluding hydrogens is 234 g/mol. The van der Waals surface area contributed by atoms with Gasteiger partial charge in [0, 0.05) is 24.1 Å². The van der Waals surface area contributed by atoms with Gasteiger partial charge in [0.1, 0.15) is 0 Å². The molecule has 1 aliphatic heterocycles. The molecule has 1 unspecified atom stereocenters. The van der Waals surface area contributed by atoms with E-state index in [0.29, 0.717) is 6.04 Å². The third kappa shape index (κ3) is 2.50. The van der Waals surface area contributed by atoms with Crippen LogP contribution < -0.4 is 5.32 Å². The normalized spacial score (nSPS) is 18.7. The molecule has 19 heavy (non-hydrogen) atoms. The summed E-state index contributed by atoms with van der Waals surface area (Å²) in [6, 6.07) is 9.31. The number of hydrogen-bond donors (Lipinski definition) is 1. The van der Waals surface area contributed by atoms with Gasteiger partial charge in [-0.2, -0.15) is 0 Å². The van der Waals surface area contributed by atoms with Crippen molar-refractivity contribution < 1.29 is 0 Å². The van der Waals surface area contributed by atoms with Gasteiger partial charge in [0.2, 0.25) is 0 Å². The van der Waals surface area contributed by atoms with Gasteiger partial charge in [0.15, 0.2) is 0 Å². The van der Waals surface area contributed by atoms with Crippen LogP contribution in [-0.2, 0) is 6.42 Å². The third-order valence-electron chi connectivity index (χ3n) is 3.92. The van der Waals surface area contributed by atoms with Crippen molar-refractivity contribution in [2.75, 3.05) is 11.9 Å². The molecule has 1 N–H and O–H groups in total. The first-order valence-corrected chi connectivity index (χ1v) is 7.23. The maximum atomic E-state index is 4.32. The Kier molecular flexibility index (Phi) is 3.53. The SMILES string of the molecule is CCNc1ccc(C2CCCCc3cncn32)cc1. The van der Waals surface area contributed by atoms with E-state index in [1.807, 2.05) is 12.5 Å². The Bertz CT molecular complexity index is 527. The fraction of sp³-hybridized carbons (Fsp3) is 0.438. The van der Waals surface area contributed by atoms with Crippen molar-refractivity contribution in [3.8, 4) is 0 Å². The van der Waals surface area contributed by atoms with E-state index in [-0.39, 0.29) is 0 Å². The van der Waals surface area contributed by atoms with Gasteiger partial charge in [-0.1, -0.05) is 18.6 Å². The van der Waals surface area contributed by atoms with Gasteiger partial charge in [0.25, 0.3) is 0 Å². The zero-order chi connectivity index (χ0) is 13.1. The predicted molar refractivity (Wildman–Crippen MR) is 78.5 cm³/mol. The number of hydrogen-bond acceptors (Lipinski definition) is 2. The second-order valence-corrected chi connectivity index (χ2v) is 5.21. The molecule has 2 aromatic rings. The van der Waals surface area contributed by atoms with Gasteiger partial charge in [-0.05, 0) is 43.9 Å². The minimum Gasteiger partial charge on any atom is -0.385 e. The van der Waals surface area contributed by atoms with Crippen LogP contribution in [0.1, 0.15) is 43.5 Å². The highest BCUT2D eigenvalue weighted by atomic mass is 15.1. The summed E-state index contributed by atoms with van der Waals surface area (Å²) >= 11 is 0. The van der Waals surface area contributed by atoms with Gasteiger partial charge in [0.05, 0.1) is 12.4 Å². The van der Waals surface area contributed by atoms with Crippen LogP contribution in [-0.4, -0.2) is 16.1 Å². The molecule has 100 valence electrons. The average molecular weight is 255 g/mol. The quantitative estimate of drug-likeness (QED) is 0.907. The number of aromatic nitrogens is 2. The standard InChI is InChI=1S/C16H21N3/c1-2-18-14-9-7-13(8-10-14)16-6-4-3-5-15-11-17-12-19(15)16/h7-12,16,18H,2-6H2,1H3. The van der Waals surface area contributed by atoms with Gasteiger partial charge >= 0.3 is 0 Å². The molecule has 1 aromatic heterocycles. The number of imidazole rings is 1. The molecule has 0 aliphatic carbocycles. The number of aryl methyl sites for hydroxylation is 1. The Morgan fingerprint density at radius 2 is 2.11 bits per heavy atom. The molecule has 0 saturated heterocycles. The second kappa shape index (κ2) is 5.47. The van der Waals surface area contributed by atoms with E-state index in [0.717, 1.165) is 13.0 Å².